The maximum atomic E-state index is 12.8. The molecule has 0 radical (unpaired) electrons. The summed E-state index contributed by atoms with van der Waals surface area (Å²) in [5, 5.41) is 0.593. The number of ether oxygens (including phenoxy) is 1. The second-order valence-corrected chi connectivity index (χ2v) is 8.73. The van der Waals surface area contributed by atoms with Crippen molar-refractivity contribution in [2.75, 3.05) is 26.2 Å². The fourth-order valence-electron chi connectivity index (χ4n) is 4.17. The van der Waals surface area contributed by atoms with Gasteiger partial charge in [-0.2, -0.15) is 0 Å². The summed E-state index contributed by atoms with van der Waals surface area (Å²) in [6.07, 6.45) is 10.3. The van der Waals surface area contributed by atoms with Crippen LogP contribution in [0.1, 0.15) is 29.7 Å². The summed E-state index contributed by atoms with van der Waals surface area (Å²) < 4.78 is 7.57. The molecule has 0 saturated carbocycles. The van der Waals surface area contributed by atoms with E-state index < -0.39 is 0 Å². The van der Waals surface area contributed by atoms with Gasteiger partial charge in [0, 0.05) is 30.7 Å². The Morgan fingerprint density at radius 2 is 1.94 bits per heavy atom. The van der Waals surface area contributed by atoms with Crippen molar-refractivity contribution in [1.29, 1.82) is 0 Å². The lowest BCUT2D eigenvalue weighted by molar-refractivity contribution is 0.227. The molecule has 1 saturated heterocycles. The number of hydrogen-bond donors (Lipinski definition) is 0. The molecule has 0 spiro atoms. The van der Waals surface area contributed by atoms with Gasteiger partial charge < -0.3 is 4.74 Å². The van der Waals surface area contributed by atoms with Crippen molar-refractivity contribution in [2.45, 2.75) is 19.3 Å². The van der Waals surface area contributed by atoms with Gasteiger partial charge in [0.05, 0.1) is 22.8 Å². The Balaban J connectivity index is 1.24. The zero-order chi connectivity index (χ0) is 22.6. The van der Waals surface area contributed by atoms with Gasteiger partial charge in [-0.05, 0) is 79.5 Å². The predicted molar refractivity (Wildman–Crippen MR) is 133 cm³/mol. The van der Waals surface area contributed by atoms with Gasteiger partial charge in [-0.15, -0.1) is 0 Å². The van der Waals surface area contributed by atoms with E-state index in [9.17, 15) is 4.79 Å². The molecule has 33 heavy (non-hydrogen) atoms. The van der Waals surface area contributed by atoms with Crippen molar-refractivity contribution in [3.05, 3.63) is 87.1 Å². The van der Waals surface area contributed by atoms with Crippen LogP contribution in [0.3, 0.4) is 0 Å². The molecular formula is C26H25ClN4O2. The van der Waals surface area contributed by atoms with E-state index in [0.717, 1.165) is 40.6 Å². The molecule has 4 heterocycles. The van der Waals surface area contributed by atoms with Gasteiger partial charge in [0.1, 0.15) is 6.61 Å². The highest BCUT2D eigenvalue weighted by Crippen LogP contribution is 2.29. The number of aliphatic imine (C=N–C) groups is 1. The molecule has 6 nitrogen and oxygen atoms in total. The first-order chi connectivity index (χ1) is 16.1. The minimum atomic E-state index is -0.0952. The summed E-state index contributed by atoms with van der Waals surface area (Å²) in [5.74, 6) is 0.755. The number of pyridine rings is 2. The molecular weight excluding hydrogens is 436 g/mol. The van der Waals surface area contributed by atoms with Crippen LogP contribution in [-0.4, -0.2) is 46.6 Å². The Morgan fingerprint density at radius 1 is 1.06 bits per heavy atom. The fraction of sp³-hybridized carbons (Fsp3) is 0.269. The molecule has 168 valence electrons. The van der Waals surface area contributed by atoms with E-state index in [2.05, 4.69) is 14.9 Å². The summed E-state index contributed by atoms with van der Waals surface area (Å²) in [6, 6.07) is 13.0. The first-order valence-corrected chi connectivity index (χ1v) is 11.6. The second kappa shape index (κ2) is 9.73. The average molecular weight is 461 g/mol. The quantitative estimate of drug-likeness (QED) is 0.532. The van der Waals surface area contributed by atoms with Gasteiger partial charge in [-0.25, -0.2) is 4.99 Å². The van der Waals surface area contributed by atoms with Crippen LogP contribution in [0, 0.1) is 0 Å². The summed E-state index contributed by atoms with van der Waals surface area (Å²) in [6.45, 7) is 3.95. The first-order valence-electron chi connectivity index (χ1n) is 11.2. The SMILES string of the molecule is O=c1cc(/C=C/c2ccc(Cl)cn2)ccn1-c1ccc2c(c1)CC(OCCN1CCCC1)=N2. The number of hydrogen-bond acceptors (Lipinski definition) is 5. The third-order valence-electron chi connectivity index (χ3n) is 5.94. The number of halogens is 1. The Hall–Kier alpha value is -3.22. The van der Waals surface area contributed by atoms with Gasteiger partial charge in [0.25, 0.3) is 5.56 Å². The van der Waals surface area contributed by atoms with Crippen molar-refractivity contribution in [3.8, 4) is 5.69 Å². The van der Waals surface area contributed by atoms with Gasteiger partial charge in [0.2, 0.25) is 0 Å². The molecule has 0 amide bonds. The average Bonchev–Trinajstić information content (AvgIpc) is 3.48. The van der Waals surface area contributed by atoms with Crippen molar-refractivity contribution in [3.63, 3.8) is 0 Å². The van der Waals surface area contributed by atoms with Crippen LogP contribution < -0.4 is 5.56 Å². The van der Waals surface area contributed by atoms with E-state index in [1.165, 1.54) is 25.9 Å². The molecule has 2 aliphatic heterocycles. The minimum absolute atomic E-state index is 0.0952. The fourth-order valence-corrected chi connectivity index (χ4v) is 4.28. The zero-order valence-electron chi connectivity index (χ0n) is 18.3. The molecule has 1 fully saturated rings. The van der Waals surface area contributed by atoms with Gasteiger partial charge in [0.15, 0.2) is 5.90 Å². The molecule has 0 unspecified atom stereocenters. The van der Waals surface area contributed by atoms with E-state index in [1.807, 2.05) is 42.5 Å². The third kappa shape index (κ3) is 5.24. The van der Waals surface area contributed by atoms with Crippen LogP contribution in [-0.2, 0) is 11.2 Å². The number of nitrogens with zero attached hydrogens (tertiary/aromatic N) is 4. The lowest BCUT2D eigenvalue weighted by Gasteiger charge is -2.14. The van der Waals surface area contributed by atoms with Gasteiger partial charge >= 0.3 is 0 Å². The largest absolute Gasteiger partial charge is 0.479 e. The standard InChI is InChI=1S/C26H25ClN4O2/c27-21-4-6-22(28-18-21)5-3-19-9-12-31(26(32)15-19)23-7-8-24-20(16-23)17-25(29-24)33-14-13-30-10-1-2-11-30/h3-9,12,15-16,18H,1-2,10-11,13-14,17H2/b5-3+. The van der Waals surface area contributed by atoms with Gasteiger partial charge in [-0.3, -0.25) is 19.2 Å². The molecule has 7 heteroatoms. The Morgan fingerprint density at radius 3 is 2.73 bits per heavy atom. The summed E-state index contributed by atoms with van der Waals surface area (Å²) in [5.41, 5.74) is 4.31. The van der Waals surface area contributed by atoms with Crippen molar-refractivity contribution >= 4 is 35.3 Å². The summed E-state index contributed by atoms with van der Waals surface area (Å²) in [7, 11) is 0. The zero-order valence-corrected chi connectivity index (χ0v) is 19.0. The Labute approximate surface area is 197 Å². The highest BCUT2D eigenvalue weighted by molar-refractivity contribution is 6.30. The minimum Gasteiger partial charge on any atom is -0.479 e. The van der Waals surface area contributed by atoms with Crippen LogP contribution >= 0.6 is 11.6 Å². The molecule has 0 bridgehead atoms. The third-order valence-corrected chi connectivity index (χ3v) is 6.17. The predicted octanol–water partition coefficient (Wildman–Crippen LogP) is 4.75. The molecule has 0 N–H and O–H groups in total. The molecule has 2 aliphatic rings. The Bertz CT molecular complexity index is 1260. The van der Waals surface area contributed by atoms with E-state index >= 15 is 0 Å². The van der Waals surface area contributed by atoms with Crippen molar-refractivity contribution < 1.29 is 4.74 Å². The van der Waals surface area contributed by atoms with E-state index in [-0.39, 0.29) is 5.56 Å². The maximum absolute atomic E-state index is 12.8. The number of rotatable bonds is 6. The lowest BCUT2D eigenvalue weighted by atomic mass is 10.1. The van der Waals surface area contributed by atoms with Crippen LogP contribution in [0.25, 0.3) is 17.8 Å². The highest BCUT2D eigenvalue weighted by Gasteiger charge is 2.18. The number of aromatic nitrogens is 2. The highest BCUT2D eigenvalue weighted by atomic mass is 35.5. The van der Waals surface area contributed by atoms with Crippen LogP contribution in [0.15, 0.2) is 64.6 Å². The number of fused-ring (bicyclic) bond motifs is 1. The van der Waals surface area contributed by atoms with Crippen molar-refractivity contribution in [1.82, 2.24) is 14.5 Å². The Kier molecular flexibility index (Phi) is 6.37. The van der Waals surface area contributed by atoms with Gasteiger partial charge in [-0.1, -0.05) is 17.7 Å². The number of benzene rings is 1. The van der Waals surface area contributed by atoms with Crippen molar-refractivity contribution in [2.24, 2.45) is 4.99 Å². The molecule has 0 aliphatic carbocycles. The van der Waals surface area contributed by atoms with Crippen LogP contribution in [0.2, 0.25) is 5.02 Å². The molecule has 1 aromatic carbocycles. The molecule has 5 rings (SSSR count). The summed E-state index contributed by atoms with van der Waals surface area (Å²) in [4.78, 5) is 24.0. The van der Waals surface area contributed by atoms with E-state index in [4.69, 9.17) is 16.3 Å². The van der Waals surface area contributed by atoms with Crippen LogP contribution in [0.4, 0.5) is 5.69 Å². The monoisotopic (exact) mass is 460 g/mol. The lowest BCUT2D eigenvalue weighted by Crippen LogP contribution is -2.25. The normalized spacial score (nSPS) is 15.7. The maximum Gasteiger partial charge on any atom is 0.255 e. The molecule has 2 aromatic heterocycles. The second-order valence-electron chi connectivity index (χ2n) is 8.30. The molecule has 0 atom stereocenters. The number of likely N-dealkylation sites (tertiary alicyclic amines) is 1. The summed E-state index contributed by atoms with van der Waals surface area (Å²) >= 11 is 5.87. The smallest absolute Gasteiger partial charge is 0.255 e. The van der Waals surface area contributed by atoms with Crippen LogP contribution in [0.5, 0.6) is 0 Å². The topological polar surface area (TPSA) is 59.7 Å². The molecule has 3 aromatic rings. The first kappa shape index (κ1) is 21.6. The van der Waals surface area contributed by atoms with E-state index in [1.54, 1.807) is 29.1 Å². The van der Waals surface area contributed by atoms with E-state index in [0.29, 0.717) is 18.1 Å².